The van der Waals surface area contributed by atoms with Crippen LogP contribution in [-0.4, -0.2) is 28.0 Å². The van der Waals surface area contributed by atoms with Gasteiger partial charge in [-0.15, -0.1) is 24.8 Å². The minimum atomic E-state index is 0. The van der Waals surface area contributed by atoms with Crippen molar-refractivity contribution in [1.29, 1.82) is 0 Å². The largest absolute Gasteiger partial charge is 0.356 e. The van der Waals surface area contributed by atoms with Crippen LogP contribution in [0, 0.1) is 17.8 Å². The van der Waals surface area contributed by atoms with Crippen molar-refractivity contribution in [3.63, 3.8) is 0 Å². The molecule has 0 spiro atoms. The number of rotatable bonds is 5. The lowest BCUT2D eigenvalue weighted by atomic mass is 9.84. The smallest absolute Gasteiger partial charge is 0.224 e. The van der Waals surface area contributed by atoms with Crippen LogP contribution in [-0.2, 0) is 11.3 Å². The van der Waals surface area contributed by atoms with Crippen LogP contribution in [0.15, 0.2) is 30.6 Å². The third-order valence-electron chi connectivity index (χ3n) is 5.69. The Morgan fingerprint density at radius 2 is 2.00 bits per heavy atom. The van der Waals surface area contributed by atoms with E-state index in [1.54, 1.807) is 0 Å². The molecule has 2 aliphatic rings. The molecule has 138 valence electrons. The predicted molar refractivity (Wildman–Crippen MR) is 104 cm³/mol. The SMILES string of the molecule is Cl.Cl.NC1C2CCC(C2)C1C(=O)NCCCn1cnc2ccccc21. The summed E-state index contributed by atoms with van der Waals surface area (Å²) in [5.41, 5.74) is 8.40. The van der Waals surface area contributed by atoms with Crippen LogP contribution in [0.3, 0.4) is 0 Å². The van der Waals surface area contributed by atoms with Crippen LogP contribution >= 0.6 is 24.8 Å². The zero-order chi connectivity index (χ0) is 15.8. The molecule has 25 heavy (non-hydrogen) atoms. The van der Waals surface area contributed by atoms with Crippen molar-refractivity contribution >= 4 is 41.8 Å². The van der Waals surface area contributed by atoms with Crippen molar-refractivity contribution in [3.05, 3.63) is 30.6 Å². The fourth-order valence-corrected chi connectivity index (χ4v) is 4.49. The molecule has 4 unspecified atom stereocenters. The number of hydrogen-bond donors (Lipinski definition) is 2. The first-order valence-corrected chi connectivity index (χ1v) is 8.67. The van der Waals surface area contributed by atoms with Gasteiger partial charge in [0.2, 0.25) is 5.91 Å². The molecule has 4 rings (SSSR count). The van der Waals surface area contributed by atoms with Gasteiger partial charge in [-0.05, 0) is 49.7 Å². The second-order valence-electron chi connectivity index (χ2n) is 7.01. The fourth-order valence-electron chi connectivity index (χ4n) is 4.49. The molecule has 1 aromatic heterocycles. The lowest BCUT2D eigenvalue weighted by Crippen LogP contribution is -2.45. The first kappa shape index (κ1) is 20.0. The van der Waals surface area contributed by atoms with E-state index < -0.39 is 0 Å². The normalized spacial score (nSPS) is 26.9. The van der Waals surface area contributed by atoms with Gasteiger partial charge in [0.25, 0.3) is 0 Å². The molecular weight excluding hydrogens is 359 g/mol. The van der Waals surface area contributed by atoms with Crippen molar-refractivity contribution in [2.24, 2.45) is 23.5 Å². The third-order valence-corrected chi connectivity index (χ3v) is 5.69. The number of amides is 1. The lowest BCUT2D eigenvalue weighted by Gasteiger charge is -2.27. The van der Waals surface area contributed by atoms with Crippen molar-refractivity contribution in [1.82, 2.24) is 14.9 Å². The van der Waals surface area contributed by atoms with Crippen LogP contribution < -0.4 is 11.1 Å². The molecule has 2 saturated carbocycles. The van der Waals surface area contributed by atoms with Crippen molar-refractivity contribution in [3.8, 4) is 0 Å². The molecule has 0 aliphatic heterocycles. The first-order valence-electron chi connectivity index (χ1n) is 8.67. The average molecular weight is 385 g/mol. The van der Waals surface area contributed by atoms with Gasteiger partial charge in [0.1, 0.15) is 0 Å². The summed E-state index contributed by atoms with van der Waals surface area (Å²) in [6.07, 6.45) is 6.32. The van der Waals surface area contributed by atoms with Gasteiger partial charge in [0, 0.05) is 19.1 Å². The highest BCUT2D eigenvalue weighted by Crippen LogP contribution is 2.47. The van der Waals surface area contributed by atoms with E-state index in [1.165, 1.54) is 12.8 Å². The van der Waals surface area contributed by atoms with Crippen molar-refractivity contribution in [2.45, 2.75) is 38.3 Å². The van der Waals surface area contributed by atoms with E-state index in [-0.39, 0.29) is 42.7 Å². The Kier molecular flexibility index (Phi) is 6.72. The van der Waals surface area contributed by atoms with E-state index in [2.05, 4.69) is 20.9 Å². The predicted octanol–water partition coefficient (Wildman–Crippen LogP) is 2.76. The Morgan fingerprint density at radius 1 is 1.24 bits per heavy atom. The Labute approximate surface area is 160 Å². The van der Waals surface area contributed by atoms with E-state index >= 15 is 0 Å². The molecule has 1 amide bonds. The molecular formula is C18H26Cl2N4O. The number of nitrogens with zero attached hydrogens (tertiary/aromatic N) is 2. The first-order chi connectivity index (χ1) is 11.2. The van der Waals surface area contributed by atoms with E-state index in [0.717, 1.165) is 30.4 Å². The third kappa shape index (κ3) is 3.78. The summed E-state index contributed by atoms with van der Waals surface area (Å²) in [5, 5.41) is 3.10. The number of halogens is 2. The summed E-state index contributed by atoms with van der Waals surface area (Å²) in [7, 11) is 0. The fraction of sp³-hybridized carbons (Fsp3) is 0.556. The molecule has 2 aromatic rings. The van der Waals surface area contributed by atoms with Crippen LogP contribution in [0.1, 0.15) is 25.7 Å². The summed E-state index contributed by atoms with van der Waals surface area (Å²) in [5.74, 6) is 1.31. The number of imidazole rings is 1. The highest BCUT2D eigenvalue weighted by molar-refractivity contribution is 5.85. The molecule has 2 bridgehead atoms. The van der Waals surface area contributed by atoms with E-state index in [9.17, 15) is 4.79 Å². The molecule has 3 N–H and O–H groups in total. The van der Waals surface area contributed by atoms with Gasteiger partial charge in [-0.2, -0.15) is 0 Å². The summed E-state index contributed by atoms with van der Waals surface area (Å²) < 4.78 is 2.14. The monoisotopic (exact) mass is 384 g/mol. The summed E-state index contributed by atoms with van der Waals surface area (Å²) >= 11 is 0. The second-order valence-corrected chi connectivity index (χ2v) is 7.01. The summed E-state index contributed by atoms with van der Waals surface area (Å²) in [6.45, 7) is 1.56. The van der Waals surface area contributed by atoms with Gasteiger partial charge in [0.15, 0.2) is 0 Å². The quantitative estimate of drug-likeness (QED) is 0.778. The van der Waals surface area contributed by atoms with Gasteiger partial charge >= 0.3 is 0 Å². The van der Waals surface area contributed by atoms with Crippen LogP contribution in [0.2, 0.25) is 0 Å². The van der Waals surface area contributed by atoms with Crippen LogP contribution in [0.5, 0.6) is 0 Å². The van der Waals surface area contributed by atoms with Gasteiger partial charge in [-0.25, -0.2) is 4.98 Å². The molecule has 4 atom stereocenters. The molecule has 0 saturated heterocycles. The Balaban J connectivity index is 0.00000113. The van der Waals surface area contributed by atoms with Crippen LogP contribution in [0.4, 0.5) is 0 Å². The Hall–Kier alpha value is -1.30. The number of benzene rings is 1. The van der Waals surface area contributed by atoms with Gasteiger partial charge in [0.05, 0.1) is 23.3 Å². The van der Waals surface area contributed by atoms with Crippen molar-refractivity contribution < 1.29 is 4.79 Å². The number of para-hydroxylation sites is 2. The Bertz CT molecular complexity index is 718. The maximum Gasteiger partial charge on any atom is 0.224 e. The maximum absolute atomic E-state index is 12.4. The minimum absolute atomic E-state index is 0. The average Bonchev–Trinajstić information content (AvgIpc) is 3.26. The highest BCUT2D eigenvalue weighted by Gasteiger charge is 2.48. The van der Waals surface area contributed by atoms with E-state index in [4.69, 9.17) is 5.73 Å². The lowest BCUT2D eigenvalue weighted by molar-refractivity contribution is -0.127. The standard InChI is InChI=1S/C18H24N4O.2ClH/c19-17-13-7-6-12(10-13)16(17)18(23)20-8-3-9-22-11-21-14-4-1-2-5-15(14)22;;/h1-2,4-5,11-13,16-17H,3,6-10,19H2,(H,20,23);2*1H. The molecule has 5 nitrogen and oxygen atoms in total. The Morgan fingerprint density at radius 3 is 2.76 bits per heavy atom. The number of aryl methyl sites for hydroxylation is 1. The van der Waals surface area contributed by atoms with Gasteiger partial charge in [-0.3, -0.25) is 4.79 Å². The number of aromatic nitrogens is 2. The molecule has 1 heterocycles. The highest BCUT2D eigenvalue weighted by atomic mass is 35.5. The zero-order valence-electron chi connectivity index (χ0n) is 14.1. The second kappa shape index (κ2) is 8.39. The molecule has 1 aromatic carbocycles. The van der Waals surface area contributed by atoms with E-state index in [0.29, 0.717) is 18.4 Å². The maximum atomic E-state index is 12.4. The number of fused-ring (bicyclic) bond motifs is 3. The number of carbonyl (C=O) groups is 1. The molecule has 2 aliphatic carbocycles. The molecule has 7 heteroatoms. The summed E-state index contributed by atoms with van der Waals surface area (Å²) in [4.78, 5) is 16.8. The summed E-state index contributed by atoms with van der Waals surface area (Å²) in [6, 6.07) is 8.20. The van der Waals surface area contributed by atoms with Gasteiger partial charge < -0.3 is 15.6 Å². The zero-order valence-corrected chi connectivity index (χ0v) is 15.8. The minimum Gasteiger partial charge on any atom is -0.356 e. The molecule has 0 radical (unpaired) electrons. The van der Waals surface area contributed by atoms with Crippen molar-refractivity contribution in [2.75, 3.05) is 6.54 Å². The topological polar surface area (TPSA) is 72.9 Å². The number of hydrogen-bond acceptors (Lipinski definition) is 3. The van der Waals surface area contributed by atoms with Gasteiger partial charge in [-0.1, -0.05) is 12.1 Å². The number of nitrogens with two attached hydrogens (primary N) is 1. The number of nitrogens with one attached hydrogen (secondary N) is 1. The number of carbonyl (C=O) groups excluding carboxylic acids is 1. The van der Waals surface area contributed by atoms with E-state index in [1.807, 2.05) is 24.5 Å². The van der Waals surface area contributed by atoms with Crippen LogP contribution in [0.25, 0.3) is 11.0 Å². The molecule has 2 fully saturated rings.